The Labute approximate surface area is 131 Å². The molecule has 128 valence electrons. The summed E-state index contributed by atoms with van der Waals surface area (Å²) in [6.07, 6.45) is 8.80. The molecule has 0 amide bonds. The molecule has 0 radical (unpaired) electrons. The number of nitrogens with one attached hydrogen (secondary N) is 1. The molecule has 0 fully saturated rings. The maximum absolute atomic E-state index is 5.54. The number of methoxy groups -OCH3 is 3. The van der Waals surface area contributed by atoms with Gasteiger partial charge in [-0.25, -0.2) is 0 Å². The van der Waals surface area contributed by atoms with Gasteiger partial charge in [0.2, 0.25) is 0 Å². The quantitative estimate of drug-likeness (QED) is 0.390. The number of hydrogen-bond donors (Lipinski definition) is 1. The van der Waals surface area contributed by atoms with Gasteiger partial charge in [0.25, 0.3) is 5.97 Å². The van der Waals surface area contributed by atoms with Gasteiger partial charge in [-0.3, -0.25) is 0 Å². The summed E-state index contributed by atoms with van der Waals surface area (Å²) in [6, 6.07) is 0.445. The first-order valence-corrected chi connectivity index (χ1v) is 8.45. The SMILES string of the molecule is CCCCCCCCC(CNC(C)C)C(OC)(OC)OC. The molecule has 0 spiro atoms. The second kappa shape index (κ2) is 12.4. The van der Waals surface area contributed by atoms with Gasteiger partial charge in [-0.1, -0.05) is 59.3 Å². The third-order valence-corrected chi connectivity index (χ3v) is 4.03. The molecule has 0 aromatic rings. The van der Waals surface area contributed by atoms with E-state index in [2.05, 4.69) is 26.1 Å². The van der Waals surface area contributed by atoms with Crippen LogP contribution >= 0.6 is 0 Å². The summed E-state index contributed by atoms with van der Waals surface area (Å²) in [5.41, 5.74) is 0. The van der Waals surface area contributed by atoms with E-state index >= 15 is 0 Å². The molecule has 1 atom stereocenters. The highest BCUT2D eigenvalue weighted by atomic mass is 16.9. The van der Waals surface area contributed by atoms with E-state index in [1.54, 1.807) is 21.3 Å². The van der Waals surface area contributed by atoms with E-state index in [9.17, 15) is 0 Å². The summed E-state index contributed by atoms with van der Waals surface area (Å²) < 4.78 is 16.6. The monoisotopic (exact) mass is 303 g/mol. The van der Waals surface area contributed by atoms with Crippen LogP contribution in [-0.4, -0.2) is 39.9 Å². The van der Waals surface area contributed by atoms with Gasteiger partial charge in [-0.2, -0.15) is 0 Å². The average Bonchev–Trinajstić information content (AvgIpc) is 2.49. The van der Waals surface area contributed by atoms with Crippen molar-refractivity contribution in [2.24, 2.45) is 5.92 Å². The maximum Gasteiger partial charge on any atom is 0.286 e. The van der Waals surface area contributed by atoms with Gasteiger partial charge in [0.1, 0.15) is 0 Å². The van der Waals surface area contributed by atoms with Gasteiger partial charge in [0, 0.05) is 33.9 Å². The predicted octanol–water partition coefficient (Wildman–Crippen LogP) is 3.94. The van der Waals surface area contributed by atoms with Gasteiger partial charge in [-0.05, 0) is 6.42 Å². The van der Waals surface area contributed by atoms with Crippen LogP contribution in [0.25, 0.3) is 0 Å². The van der Waals surface area contributed by atoms with Crippen molar-refractivity contribution in [3.63, 3.8) is 0 Å². The first kappa shape index (κ1) is 20.8. The number of ether oxygens (including phenoxy) is 3. The molecule has 0 aromatic carbocycles. The standard InChI is InChI=1S/C17H37NO3/c1-7-8-9-10-11-12-13-16(14-18-15(2)3)17(19-4,20-5)21-6/h15-16,18H,7-14H2,1-6H3. The Morgan fingerprint density at radius 2 is 1.38 bits per heavy atom. The minimum absolute atomic E-state index is 0.186. The first-order valence-electron chi connectivity index (χ1n) is 8.45. The Bertz CT molecular complexity index is 222. The fourth-order valence-corrected chi connectivity index (χ4v) is 2.70. The zero-order valence-corrected chi connectivity index (χ0v) is 15.0. The van der Waals surface area contributed by atoms with E-state index in [1.165, 1.54) is 38.5 Å². The Morgan fingerprint density at radius 1 is 0.857 bits per heavy atom. The Kier molecular flexibility index (Phi) is 12.3. The topological polar surface area (TPSA) is 39.7 Å². The van der Waals surface area contributed by atoms with Crippen LogP contribution in [0.5, 0.6) is 0 Å². The lowest BCUT2D eigenvalue weighted by Gasteiger charge is -2.37. The smallest absolute Gasteiger partial charge is 0.286 e. The van der Waals surface area contributed by atoms with Crippen LogP contribution in [0.2, 0.25) is 0 Å². The lowest BCUT2D eigenvalue weighted by molar-refractivity contribution is -0.378. The summed E-state index contributed by atoms with van der Waals surface area (Å²) in [7, 11) is 4.95. The minimum atomic E-state index is -0.939. The molecule has 0 aliphatic rings. The van der Waals surface area contributed by atoms with Crippen LogP contribution in [0, 0.1) is 5.92 Å². The fraction of sp³-hybridized carbons (Fsp3) is 1.00. The fourth-order valence-electron chi connectivity index (χ4n) is 2.70. The molecule has 21 heavy (non-hydrogen) atoms. The molecule has 1 unspecified atom stereocenters. The van der Waals surface area contributed by atoms with Gasteiger partial charge >= 0.3 is 0 Å². The third kappa shape index (κ3) is 8.15. The van der Waals surface area contributed by atoms with E-state index < -0.39 is 5.97 Å². The van der Waals surface area contributed by atoms with Crippen molar-refractivity contribution in [3.8, 4) is 0 Å². The molecule has 0 heterocycles. The van der Waals surface area contributed by atoms with Crippen LogP contribution in [-0.2, 0) is 14.2 Å². The molecule has 0 saturated heterocycles. The predicted molar refractivity (Wildman–Crippen MR) is 88.4 cm³/mol. The highest BCUT2D eigenvalue weighted by molar-refractivity contribution is 4.74. The zero-order valence-electron chi connectivity index (χ0n) is 15.0. The van der Waals surface area contributed by atoms with Gasteiger partial charge in [-0.15, -0.1) is 0 Å². The highest BCUT2D eigenvalue weighted by Gasteiger charge is 2.39. The van der Waals surface area contributed by atoms with Crippen LogP contribution in [0.3, 0.4) is 0 Å². The lowest BCUT2D eigenvalue weighted by atomic mass is 9.97. The average molecular weight is 303 g/mol. The molecule has 0 aliphatic heterocycles. The number of rotatable bonds is 14. The normalized spacial score (nSPS) is 13.9. The molecule has 0 rings (SSSR count). The number of unbranched alkanes of at least 4 members (excludes halogenated alkanes) is 5. The van der Waals surface area contributed by atoms with Crippen LogP contribution in [0.15, 0.2) is 0 Å². The van der Waals surface area contributed by atoms with Crippen molar-refractivity contribution >= 4 is 0 Å². The van der Waals surface area contributed by atoms with Crippen LogP contribution < -0.4 is 5.32 Å². The molecule has 0 saturated carbocycles. The van der Waals surface area contributed by atoms with E-state index in [1.807, 2.05) is 0 Å². The van der Waals surface area contributed by atoms with E-state index in [4.69, 9.17) is 14.2 Å². The second-order valence-corrected chi connectivity index (χ2v) is 6.03. The highest BCUT2D eigenvalue weighted by Crippen LogP contribution is 2.28. The summed E-state index contributed by atoms with van der Waals surface area (Å²) in [5.74, 6) is -0.753. The van der Waals surface area contributed by atoms with Crippen molar-refractivity contribution in [3.05, 3.63) is 0 Å². The summed E-state index contributed by atoms with van der Waals surface area (Å²) in [5, 5.41) is 3.47. The molecular formula is C17H37NO3. The summed E-state index contributed by atoms with van der Waals surface area (Å²) >= 11 is 0. The van der Waals surface area contributed by atoms with Crippen LogP contribution in [0.4, 0.5) is 0 Å². The van der Waals surface area contributed by atoms with Crippen LogP contribution in [0.1, 0.15) is 65.7 Å². The molecule has 4 heteroatoms. The first-order chi connectivity index (χ1) is 10.1. The number of hydrogen-bond acceptors (Lipinski definition) is 4. The van der Waals surface area contributed by atoms with E-state index in [0.29, 0.717) is 6.04 Å². The molecule has 0 aromatic heterocycles. The van der Waals surface area contributed by atoms with Crippen molar-refractivity contribution in [2.45, 2.75) is 77.7 Å². The molecule has 1 N–H and O–H groups in total. The largest absolute Gasteiger partial charge is 0.331 e. The molecule has 0 bridgehead atoms. The van der Waals surface area contributed by atoms with Crippen molar-refractivity contribution in [1.82, 2.24) is 5.32 Å². The van der Waals surface area contributed by atoms with Gasteiger partial charge in [0.15, 0.2) is 0 Å². The van der Waals surface area contributed by atoms with Crippen molar-refractivity contribution in [1.29, 1.82) is 0 Å². The minimum Gasteiger partial charge on any atom is -0.331 e. The molecule has 4 nitrogen and oxygen atoms in total. The lowest BCUT2D eigenvalue weighted by Crippen LogP contribution is -2.48. The third-order valence-electron chi connectivity index (χ3n) is 4.03. The Morgan fingerprint density at radius 3 is 1.86 bits per heavy atom. The van der Waals surface area contributed by atoms with Crippen molar-refractivity contribution < 1.29 is 14.2 Å². The van der Waals surface area contributed by atoms with E-state index in [0.717, 1.165) is 13.0 Å². The van der Waals surface area contributed by atoms with Gasteiger partial charge < -0.3 is 19.5 Å². The Hall–Kier alpha value is -0.160. The second-order valence-electron chi connectivity index (χ2n) is 6.03. The maximum atomic E-state index is 5.54. The summed E-state index contributed by atoms with van der Waals surface area (Å²) in [4.78, 5) is 0. The zero-order chi connectivity index (χ0) is 16.1. The van der Waals surface area contributed by atoms with E-state index in [-0.39, 0.29) is 5.92 Å². The van der Waals surface area contributed by atoms with Gasteiger partial charge in [0.05, 0.1) is 5.92 Å². The Balaban J connectivity index is 4.37. The summed E-state index contributed by atoms with van der Waals surface area (Å²) in [6.45, 7) is 7.38. The van der Waals surface area contributed by atoms with Crippen molar-refractivity contribution in [2.75, 3.05) is 27.9 Å². The molecule has 0 aliphatic carbocycles. The molecular weight excluding hydrogens is 266 g/mol.